The molecule has 0 aliphatic carbocycles. The number of nitrogen functional groups attached to an aromatic ring is 1. The summed E-state index contributed by atoms with van der Waals surface area (Å²) in [5, 5.41) is 7.37. The van der Waals surface area contributed by atoms with Crippen LogP contribution in [0.25, 0.3) is 0 Å². The molecule has 0 radical (unpaired) electrons. The number of nitrogens with zero attached hydrogens (tertiary/aromatic N) is 3. The van der Waals surface area contributed by atoms with Gasteiger partial charge in [-0.05, 0) is 12.5 Å². The van der Waals surface area contributed by atoms with E-state index in [-0.39, 0.29) is 11.9 Å². The Bertz CT molecular complexity index is 409. The third-order valence-electron chi connectivity index (χ3n) is 2.80. The lowest BCUT2D eigenvalue weighted by molar-refractivity contribution is 0.0379. The molecule has 1 atom stereocenters. The van der Waals surface area contributed by atoms with Crippen LogP contribution in [-0.4, -0.2) is 41.6 Å². The summed E-state index contributed by atoms with van der Waals surface area (Å²) in [6, 6.07) is 1.64. The Kier molecular flexibility index (Phi) is 3.53. The van der Waals surface area contributed by atoms with Gasteiger partial charge in [-0.25, -0.2) is 9.97 Å². The third kappa shape index (κ3) is 2.71. The fourth-order valence-corrected chi connectivity index (χ4v) is 1.80. The molecule has 6 heteroatoms. The molecule has 1 aromatic heterocycles. The number of nitrogens with two attached hydrogens (primary N) is 1. The Morgan fingerprint density at radius 3 is 3.24 bits per heavy atom. The summed E-state index contributed by atoms with van der Waals surface area (Å²) in [6.07, 6.45) is 2.84. The Balaban J connectivity index is 2.16. The summed E-state index contributed by atoms with van der Waals surface area (Å²) in [4.78, 5) is 10.6. The Labute approximate surface area is 100 Å². The van der Waals surface area contributed by atoms with Gasteiger partial charge in [-0.3, -0.25) is 5.41 Å². The second-order valence-electron chi connectivity index (χ2n) is 4.00. The molecule has 1 aromatic rings. The number of ether oxygens (including phenoxy) is 1. The summed E-state index contributed by atoms with van der Waals surface area (Å²) >= 11 is 0. The minimum absolute atomic E-state index is 0.0334. The van der Waals surface area contributed by atoms with Crippen LogP contribution in [0.5, 0.6) is 0 Å². The second-order valence-corrected chi connectivity index (χ2v) is 4.00. The fourth-order valence-electron chi connectivity index (χ4n) is 1.80. The second kappa shape index (κ2) is 5.09. The fraction of sp³-hybridized carbons (Fsp3) is 0.545. The van der Waals surface area contributed by atoms with Crippen molar-refractivity contribution in [1.29, 1.82) is 5.41 Å². The lowest BCUT2D eigenvalue weighted by atomic mass is 10.2. The maximum Gasteiger partial charge on any atom is 0.226 e. The molecular weight excluding hydrogens is 218 g/mol. The summed E-state index contributed by atoms with van der Waals surface area (Å²) in [7, 11) is 0. The number of nitrogens with one attached hydrogen (secondary N) is 1. The van der Waals surface area contributed by atoms with Crippen LogP contribution >= 0.6 is 0 Å². The van der Waals surface area contributed by atoms with Crippen LogP contribution in [0, 0.1) is 5.41 Å². The van der Waals surface area contributed by atoms with E-state index in [2.05, 4.69) is 21.8 Å². The van der Waals surface area contributed by atoms with Crippen molar-refractivity contribution in [2.75, 3.05) is 24.6 Å². The first-order valence-corrected chi connectivity index (χ1v) is 5.74. The van der Waals surface area contributed by atoms with E-state index in [1.54, 1.807) is 12.3 Å². The molecular formula is C11H17N5O. The van der Waals surface area contributed by atoms with Gasteiger partial charge >= 0.3 is 0 Å². The predicted octanol–water partition coefficient (Wildman–Crippen LogP) is 0.376. The SMILES string of the molecule is CCC1CN(c2nccc(C(=N)N)n2)CCO1. The molecule has 6 nitrogen and oxygen atoms in total. The van der Waals surface area contributed by atoms with Gasteiger partial charge in [-0.15, -0.1) is 0 Å². The molecule has 92 valence electrons. The van der Waals surface area contributed by atoms with Crippen LogP contribution in [0.4, 0.5) is 5.95 Å². The Hall–Kier alpha value is -1.69. The first-order chi connectivity index (χ1) is 8.20. The zero-order chi connectivity index (χ0) is 12.3. The Morgan fingerprint density at radius 1 is 1.71 bits per heavy atom. The van der Waals surface area contributed by atoms with Gasteiger partial charge < -0.3 is 15.4 Å². The van der Waals surface area contributed by atoms with E-state index < -0.39 is 0 Å². The van der Waals surface area contributed by atoms with Gasteiger partial charge in [0.2, 0.25) is 5.95 Å². The summed E-state index contributed by atoms with van der Waals surface area (Å²) in [6.45, 7) is 4.35. The van der Waals surface area contributed by atoms with Crippen LogP contribution in [0.15, 0.2) is 12.3 Å². The van der Waals surface area contributed by atoms with E-state index in [1.165, 1.54) is 0 Å². The maximum atomic E-state index is 7.37. The van der Waals surface area contributed by atoms with Crippen molar-refractivity contribution in [2.45, 2.75) is 19.4 Å². The number of morpholine rings is 1. The monoisotopic (exact) mass is 235 g/mol. The van der Waals surface area contributed by atoms with Gasteiger partial charge in [0.1, 0.15) is 11.5 Å². The van der Waals surface area contributed by atoms with Gasteiger partial charge in [0.25, 0.3) is 0 Å². The molecule has 0 saturated carbocycles. The molecule has 0 bridgehead atoms. The molecule has 2 rings (SSSR count). The highest BCUT2D eigenvalue weighted by Crippen LogP contribution is 2.14. The smallest absolute Gasteiger partial charge is 0.226 e. The summed E-state index contributed by atoms with van der Waals surface area (Å²) in [5.74, 6) is 0.591. The van der Waals surface area contributed by atoms with Gasteiger partial charge in [0.15, 0.2) is 0 Å². The number of aromatic nitrogens is 2. The first-order valence-electron chi connectivity index (χ1n) is 5.74. The first kappa shape index (κ1) is 11.8. The average Bonchev–Trinajstić information content (AvgIpc) is 2.39. The molecule has 1 unspecified atom stereocenters. The van der Waals surface area contributed by atoms with E-state index in [0.717, 1.165) is 19.5 Å². The highest BCUT2D eigenvalue weighted by Gasteiger charge is 2.21. The van der Waals surface area contributed by atoms with Crippen LogP contribution in [0.3, 0.4) is 0 Å². The molecule has 1 saturated heterocycles. The highest BCUT2D eigenvalue weighted by molar-refractivity contribution is 5.93. The molecule has 1 aliphatic rings. The molecule has 17 heavy (non-hydrogen) atoms. The largest absolute Gasteiger partial charge is 0.382 e. The maximum absolute atomic E-state index is 7.37. The minimum Gasteiger partial charge on any atom is -0.382 e. The van der Waals surface area contributed by atoms with Crippen LogP contribution in [-0.2, 0) is 4.74 Å². The van der Waals surface area contributed by atoms with E-state index in [1.807, 2.05) is 0 Å². The molecule has 0 spiro atoms. The van der Waals surface area contributed by atoms with Crippen molar-refractivity contribution in [1.82, 2.24) is 9.97 Å². The molecule has 1 aliphatic heterocycles. The quantitative estimate of drug-likeness (QED) is 0.584. The molecule has 0 amide bonds. The van der Waals surface area contributed by atoms with Gasteiger partial charge in [-0.2, -0.15) is 0 Å². The van der Waals surface area contributed by atoms with Crippen molar-refractivity contribution in [3.63, 3.8) is 0 Å². The lowest BCUT2D eigenvalue weighted by Crippen LogP contribution is -2.43. The molecule has 1 fully saturated rings. The molecule has 3 N–H and O–H groups in total. The van der Waals surface area contributed by atoms with E-state index in [0.29, 0.717) is 18.2 Å². The van der Waals surface area contributed by atoms with Crippen molar-refractivity contribution in [2.24, 2.45) is 5.73 Å². The van der Waals surface area contributed by atoms with Crippen molar-refractivity contribution >= 4 is 11.8 Å². The van der Waals surface area contributed by atoms with Crippen molar-refractivity contribution in [3.05, 3.63) is 18.0 Å². The standard InChI is InChI=1S/C11H17N5O/c1-2-8-7-16(5-6-17-8)11-14-4-3-9(15-11)10(12)13/h3-4,8H,2,5-7H2,1H3,(H3,12,13). The van der Waals surface area contributed by atoms with Crippen LogP contribution in [0.2, 0.25) is 0 Å². The predicted molar refractivity (Wildman–Crippen MR) is 65.3 cm³/mol. The van der Waals surface area contributed by atoms with E-state index >= 15 is 0 Å². The number of anilines is 1. The lowest BCUT2D eigenvalue weighted by Gasteiger charge is -2.32. The number of hydrogen-bond acceptors (Lipinski definition) is 5. The molecule has 0 aromatic carbocycles. The van der Waals surface area contributed by atoms with Gasteiger partial charge in [-0.1, -0.05) is 6.92 Å². The molecule has 2 heterocycles. The van der Waals surface area contributed by atoms with E-state index in [9.17, 15) is 0 Å². The van der Waals surface area contributed by atoms with Crippen molar-refractivity contribution in [3.8, 4) is 0 Å². The topological polar surface area (TPSA) is 88.1 Å². The number of rotatable bonds is 3. The zero-order valence-electron chi connectivity index (χ0n) is 9.89. The normalized spacial score (nSPS) is 20.3. The van der Waals surface area contributed by atoms with Crippen molar-refractivity contribution < 1.29 is 4.74 Å². The minimum atomic E-state index is -0.0334. The zero-order valence-corrected chi connectivity index (χ0v) is 9.89. The summed E-state index contributed by atoms with van der Waals surface area (Å²) < 4.78 is 5.59. The number of hydrogen-bond donors (Lipinski definition) is 2. The average molecular weight is 235 g/mol. The Morgan fingerprint density at radius 2 is 2.53 bits per heavy atom. The van der Waals surface area contributed by atoms with Gasteiger partial charge in [0.05, 0.1) is 12.7 Å². The van der Waals surface area contributed by atoms with Crippen LogP contribution < -0.4 is 10.6 Å². The number of amidine groups is 1. The van der Waals surface area contributed by atoms with Crippen LogP contribution in [0.1, 0.15) is 19.0 Å². The third-order valence-corrected chi connectivity index (χ3v) is 2.80. The van der Waals surface area contributed by atoms with Gasteiger partial charge in [0, 0.05) is 19.3 Å². The summed E-state index contributed by atoms with van der Waals surface area (Å²) in [5.41, 5.74) is 5.88. The highest BCUT2D eigenvalue weighted by atomic mass is 16.5. The van der Waals surface area contributed by atoms with E-state index in [4.69, 9.17) is 15.9 Å².